The number of esters is 1. The number of rotatable bonds is 13. The maximum absolute atomic E-state index is 12.2. The molecule has 0 bridgehead atoms. The zero-order valence-corrected chi connectivity index (χ0v) is 23.3. The van der Waals surface area contributed by atoms with Crippen molar-refractivity contribution in [1.29, 1.82) is 0 Å². The molecule has 0 aliphatic heterocycles. The average Bonchev–Trinajstić information content (AvgIpc) is 2.87. The molecule has 4 nitrogen and oxygen atoms in total. The molecule has 36 heavy (non-hydrogen) atoms. The Morgan fingerprint density at radius 1 is 0.972 bits per heavy atom. The minimum absolute atomic E-state index is 0.0729. The lowest BCUT2D eigenvalue weighted by atomic mass is 9.73. The molecule has 4 heteroatoms. The minimum atomic E-state index is -0.282. The van der Waals surface area contributed by atoms with Crippen molar-refractivity contribution < 1.29 is 14.3 Å². The van der Waals surface area contributed by atoms with Gasteiger partial charge < -0.3 is 14.4 Å². The highest BCUT2D eigenvalue weighted by atomic mass is 16.5. The molecule has 0 saturated heterocycles. The fourth-order valence-corrected chi connectivity index (χ4v) is 4.90. The van der Waals surface area contributed by atoms with Crippen LogP contribution in [-0.4, -0.2) is 25.7 Å². The van der Waals surface area contributed by atoms with Crippen LogP contribution in [0.4, 0.5) is 11.4 Å². The maximum atomic E-state index is 12.2. The second-order valence-corrected chi connectivity index (χ2v) is 10.5. The monoisotopic (exact) mass is 491 g/mol. The Morgan fingerprint density at radius 2 is 1.69 bits per heavy atom. The Hall–Kier alpha value is -2.75. The van der Waals surface area contributed by atoms with Crippen molar-refractivity contribution in [2.75, 3.05) is 24.7 Å². The van der Waals surface area contributed by atoms with E-state index in [1.807, 2.05) is 31.2 Å². The van der Waals surface area contributed by atoms with Crippen molar-refractivity contribution >= 4 is 22.9 Å². The molecule has 0 N–H and O–H groups in total. The smallest absolute Gasteiger partial charge is 0.338 e. The number of benzene rings is 2. The van der Waals surface area contributed by atoms with E-state index in [-0.39, 0.29) is 11.4 Å². The van der Waals surface area contributed by atoms with E-state index >= 15 is 0 Å². The number of hydrogen-bond acceptors (Lipinski definition) is 4. The number of carbonyl (C=O) groups is 1. The number of anilines is 2. The van der Waals surface area contributed by atoms with Crippen molar-refractivity contribution in [2.45, 2.75) is 91.9 Å². The summed E-state index contributed by atoms with van der Waals surface area (Å²) in [7, 11) is 0. The quantitative estimate of drug-likeness (QED) is 0.207. The average molecular weight is 492 g/mol. The van der Waals surface area contributed by atoms with E-state index in [0.717, 1.165) is 49.5 Å². The van der Waals surface area contributed by atoms with E-state index in [4.69, 9.17) is 9.47 Å². The standard InChI is InChI=1S/C32H45NO3/c1-7-10-11-12-13-21-36-30-23-28-27(24(4)18-19-32(28,5)6)22-29(30)33(20-8-2)26-16-14-25(15-17-26)31(34)35-9-3/h14-18,22-23H,7-13,19-21H2,1-6H3. The molecule has 1 aliphatic rings. The number of ether oxygens (including phenoxy) is 2. The Bertz CT molecular complexity index is 1040. The molecule has 0 radical (unpaired) electrons. The van der Waals surface area contributed by atoms with Gasteiger partial charge in [0.2, 0.25) is 0 Å². The summed E-state index contributed by atoms with van der Waals surface area (Å²) >= 11 is 0. The SMILES string of the molecule is CCCCCCCOc1cc2c(cc1N(CCC)c1ccc(C(=O)OCC)cc1)C(C)=CCC2(C)C. The van der Waals surface area contributed by atoms with E-state index in [1.165, 1.54) is 42.4 Å². The van der Waals surface area contributed by atoms with Crippen LogP contribution in [0.1, 0.15) is 108 Å². The highest BCUT2D eigenvalue weighted by molar-refractivity contribution is 5.90. The summed E-state index contributed by atoms with van der Waals surface area (Å²) in [6.45, 7) is 15.1. The Labute approximate surface area is 218 Å². The molecule has 0 saturated carbocycles. The van der Waals surface area contributed by atoms with Gasteiger partial charge in [-0.2, -0.15) is 0 Å². The lowest BCUT2D eigenvalue weighted by Gasteiger charge is -2.34. The summed E-state index contributed by atoms with van der Waals surface area (Å²) in [6, 6.07) is 12.4. The molecule has 0 aromatic heterocycles. The summed E-state index contributed by atoms with van der Waals surface area (Å²) in [5.41, 5.74) is 6.79. The Balaban J connectivity index is 1.99. The first kappa shape index (κ1) is 27.8. The predicted molar refractivity (Wildman–Crippen MR) is 152 cm³/mol. The van der Waals surface area contributed by atoms with E-state index in [9.17, 15) is 4.79 Å². The van der Waals surface area contributed by atoms with Gasteiger partial charge in [-0.3, -0.25) is 0 Å². The lowest BCUT2D eigenvalue weighted by Crippen LogP contribution is -2.24. The first-order valence-electron chi connectivity index (χ1n) is 13.9. The van der Waals surface area contributed by atoms with E-state index in [2.05, 4.69) is 57.7 Å². The molecule has 3 rings (SSSR count). The van der Waals surface area contributed by atoms with Crippen molar-refractivity contribution in [1.82, 2.24) is 0 Å². The number of allylic oxidation sites excluding steroid dienone is 2. The molecule has 2 aromatic carbocycles. The van der Waals surface area contributed by atoms with Gasteiger partial charge >= 0.3 is 5.97 Å². The van der Waals surface area contributed by atoms with Gasteiger partial charge in [0, 0.05) is 12.2 Å². The van der Waals surface area contributed by atoms with Crippen molar-refractivity contribution in [3.8, 4) is 5.75 Å². The second kappa shape index (κ2) is 13.0. The molecule has 196 valence electrons. The zero-order chi connectivity index (χ0) is 26.1. The fourth-order valence-electron chi connectivity index (χ4n) is 4.90. The summed E-state index contributed by atoms with van der Waals surface area (Å²) in [5, 5.41) is 0. The molecule has 0 atom stereocenters. The third kappa shape index (κ3) is 6.72. The van der Waals surface area contributed by atoms with Crippen LogP contribution in [0.3, 0.4) is 0 Å². The van der Waals surface area contributed by atoms with Gasteiger partial charge in [-0.05, 0) is 91.6 Å². The molecule has 0 amide bonds. The summed E-state index contributed by atoms with van der Waals surface area (Å²) in [6.07, 6.45) is 10.5. The van der Waals surface area contributed by atoms with Crippen LogP contribution >= 0.6 is 0 Å². The molecule has 1 aliphatic carbocycles. The van der Waals surface area contributed by atoms with Crippen LogP contribution in [-0.2, 0) is 10.2 Å². The highest BCUT2D eigenvalue weighted by Gasteiger charge is 2.30. The molecule has 0 spiro atoms. The lowest BCUT2D eigenvalue weighted by molar-refractivity contribution is 0.0526. The van der Waals surface area contributed by atoms with Crippen LogP contribution in [0, 0.1) is 0 Å². The van der Waals surface area contributed by atoms with E-state index in [0.29, 0.717) is 12.2 Å². The number of unbranched alkanes of at least 4 members (excludes halogenated alkanes) is 4. The van der Waals surface area contributed by atoms with E-state index < -0.39 is 0 Å². The first-order chi connectivity index (χ1) is 17.3. The van der Waals surface area contributed by atoms with Crippen molar-refractivity contribution in [3.05, 3.63) is 59.2 Å². The highest BCUT2D eigenvalue weighted by Crippen LogP contribution is 2.45. The maximum Gasteiger partial charge on any atom is 0.338 e. The van der Waals surface area contributed by atoms with Gasteiger partial charge in [0.1, 0.15) is 5.75 Å². The predicted octanol–water partition coefficient (Wildman–Crippen LogP) is 8.85. The van der Waals surface area contributed by atoms with Crippen molar-refractivity contribution in [3.63, 3.8) is 0 Å². The number of hydrogen-bond donors (Lipinski definition) is 0. The van der Waals surface area contributed by atoms with Crippen LogP contribution in [0.15, 0.2) is 42.5 Å². The Kier molecular flexibility index (Phi) is 10.0. The number of fused-ring (bicyclic) bond motifs is 1. The van der Waals surface area contributed by atoms with Crippen molar-refractivity contribution in [2.24, 2.45) is 0 Å². The van der Waals surface area contributed by atoms with Gasteiger partial charge in [0.05, 0.1) is 24.5 Å². The molecule has 0 heterocycles. The van der Waals surface area contributed by atoms with Gasteiger partial charge in [0.15, 0.2) is 0 Å². The molecular weight excluding hydrogens is 446 g/mol. The molecular formula is C32H45NO3. The number of nitrogens with zero attached hydrogens (tertiary/aromatic N) is 1. The van der Waals surface area contributed by atoms with Crippen LogP contribution < -0.4 is 9.64 Å². The number of carbonyl (C=O) groups excluding carboxylic acids is 1. The fraction of sp³-hybridized carbons (Fsp3) is 0.531. The summed E-state index contributed by atoms with van der Waals surface area (Å²) in [5.74, 6) is 0.671. The van der Waals surface area contributed by atoms with Crippen LogP contribution in [0.5, 0.6) is 5.75 Å². The first-order valence-corrected chi connectivity index (χ1v) is 13.9. The molecule has 2 aromatic rings. The topological polar surface area (TPSA) is 38.8 Å². The van der Waals surface area contributed by atoms with E-state index in [1.54, 1.807) is 0 Å². The third-order valence-corrected chi connectivity index (χ3v) is 7.11. The van der Waals surface area contributed by atoms with Gasteiger partial charge in [-0.25, -0.2) is 4.79 Å². The minimum Gasteiger partial charge on any atom is -0.491 e. The molecule has 0 unspecified atom stereocenters. The van der Waals surface area contributed by atoms with Gasteiger partial charge in [0.25, 0.3) is 0 Å². The zero-order valence-electron chi connectivity index (χ0n) is 23.3. The molecule has 0 fully saturated rings. The van der Waals surface area contributed by atoms with Crippen LogP contribution in [0.2, 0.25) is 0 Å². The summed E-state index contributed by atoms with van der Waals surface area (Å²) < 4.78 is 11.7. The summed E-state index contributed by atoms with van der Waals surface area (Å²) in [4.78, 5) is 14.5. The van der Waals surface area contributed by atoms with Gasteiger partial charge in [-0.1, -0.05) is 59.5 Å². The Morgan fingerprint density at radius 3 is 2.36 bits per heavy atom. The normalized spacial score (nSPS) is 14.1. The van der Waals surface area contributed by atoms with Gasteiger partial charge in [-0.15, -0.1) is 0 Å². The second-order valence-electron chi connectivity index (χ2n) is 10.5. The largest absolute Gasteiger partial charge is 0.491 e. The third-order valence-electron chi connectivity index (χ3n) is 7.11. The van der Waals surface area contributed by atoms with Crippen LogP contribution in [0.25, 0.3) is 5.57 Å².